The molecule has 1 heterocycles. The maximum absolute atomic E-state index is 12.4. The van der Waals surface area contributed by atoms with Gasteiger partial charge in [0, 0.05) is 17.9 Å². The van der Waals surface area contributed by atoms with Crippen LogP contribution in [0, 0.1) is 0 Å². The van der Waals surface area contributed by atoms with Crippen molar-refractivity contribution < 1.29 is 4.79 Å². The molecular formula is C16H17N3O. The number of hydrogen-bond donors (Lipinski definition) is 1. The average molecular weight is 267 g/mol. The second-order valence-corrected chi connectivity index (χ2v) is 4.98. The second-order valence-electron chi connectivity index (χ2n) is 4.98. The summed E-state index contributed by atoms with van der Waals surface area (Å²) >= 11 is 0. The fraction of sp³-hybridized carbons (Fsp3) is 0.250. The minimum Gasteiger partial charge on any atom is -0.316 e. The normalized spacial score (nSPS) is 13.8. The van der Waals surface area contributed by atoms with Crippen molar-refractivity contribution in [1.29, 1.82) is 0 Å². The fourth-order valence-electron chi connectivity index (χ4n) is 2.14. The highest BCUT2D eigenvalue weighted by Crippen LogP contribution is 2.28. The molecule has 1 saturated carbocycles. The van der Waals surface area contributed by atoms with Crippen LogP contribution in [0.4, 0.5) is 10.5 Å². The molecule has 0 saturated heterocycles. The summed E-state index contributed by atoms with van der Waals surface area (Å²) in [5.41, 5.74) is 1.74. The SMILES string of the molecule is O=C(Nc1ccccc1)N(Cc1ccccn1)C1CC1. The molecule has 0 radical (unpaired) electrons. The summed E-state index contributed by atoms with van der Waals surface area (Å²) in [6, 6.07) is 15.6. The van der Waals surface area contributed by atoms with Gasteiger partial charge in [-0.05, 0) is 37.1 Å². The smallest absolute Gasteiger partial charge is 0.316 e. The first-order valence-electron chi connectivity index (χ1n) is 6.85. The highest BCUT2D eigenvalue weighted by Gasteiger charge is 2.32. The Morgan fingerprint density at radius 2 is 1.90 bits per heavy atom. The Bertz CT molecular complexity index is 567. The number of hydrogen-bond acceptors (Lipinski definition) is 2. The lowest BCUT2D eigenvalue weighted by atomic mass is 10.3. The maximum atomic E-state index is 12.4. The van der Waals surface area contributed by atoms with Crippen molar-refractivity contribution in [2.45, 2.75) is 25.4 Å². The Kier molecular flexibility index (Phi) is 3.63. The Morgan fingerprint density at radius 3 is 2.55 bits per heavy atom. The van der Waals surface area contributed by atoms with Crippen LogP contribution in [0.2, 0.25) is 0 Å². The van der Waals surface area contributed by atoms with E-state index in [2.05, 4.69) is 10.3 Å². The van der Waals surface area contributed by atoms with Gasteiger partial charge in [-0.1, -0.05) is 24.3 Å². The number of benzene rings is 1. The predicted octanol–water partition coefficient (Wildman–Crippen LogP) is 3.28. The minimum atomic E-state index is -0.0515. The van der Waals surface area contributed by atoms with E-state index in [1.807, 2.05) is 53.4 Å². The van der Waals surface area contributed by atoms with Gasteiger partial charge in [0.05, 0.1) is 12.2 Å². The van der Waals surface area contributed by atoms with Gasteiger partial charge in [0.2, 0.25) is 0 Å². The molecule has 1 aromatic carbocycles. The molecule has 4 heteroatoms. The lowest BCUT2D eigenvalue weighted by molar-refractivity contribution is 0.205. The standard InChI is InChI=1S/C16H17N3O/c20-16(18-13-6-2-1-3-7-13)19(15-9-10-15)12-14-8-4-5-11-17-14/h1-8,11,15H,9-10,12H2,(H,18,20). The number of para-hydroxylation sites is 1. The maximum Gasteiger partial charge on any atom is 0.322 e. The lowest BCUT2D eigenvalue weighted by Crippen LogP contribution is -2.36. The summed E-state index contributed by atoms with van der Waals surface area (Å²) in [5.74, 6) is 0. The zero-order valence-corrected chi connectivity index (χ0v) is 11.2. The summed E-state index contributed by atoms with van der Waals surface area (Å²) in [4.78, 5) is 18.6. The van der Waals surface area contributed by atoms with E-state index in [9.17, 15) is 4.79 Å². The highest BCUT2D eigenvalue weighted by atomic mass is 16.2. The van der Waals surface area contributed by atoms with E-state index in [0.29, 0.717) is 12.6 Å². The van der Waals surface area contributed by atoms with Crippen molar-refractivity contribution in [3.05, 3.63) is 60.4 Å². The van der Waals surface area contributed by atoms with Crippen LogP contribution < -0.4 is 5.32 Å². The number of rotatable bonds is 4. The zero-order chi connectivity index (χ0) is 13.8. The van der Waals surface area contributed by atoms with Gasteiger partial charge in [-0.25, -0.2) is 4.79 Å². The molecule has 1 fully saturated rings. The first-order chi connectivity index (χ1) is 9.83. The van der Waals surface area contributed by atoms with Crippen LogP contribution in [-0.4, -0.2) is 22.0 Å². The number of amides is 2. The lowest BCUT2D eigenvalue weighted by Gasteiger charge is -2.22. The Labute approximate surface area is 118 Å². The highest BCUT2D eigenvalue weighted by molar-refractivity contribution is 5.89. The number of urea groups is 1. The van der Waals surface area contributed by atoms with Gasteiger partial charge in [-0.2, -0.15) is 0 Å². The number of pyridine rings is 1. The van der Waals surface area contributed by atoms with E-state index in [1.54, 1.807) is 6.20 Å². The number of nitrogens with one attached hydrogen (secondary N) is 1. The third-order valence-electron chi connectivity index (χ3n) is 3.33. The summed E-state index contributed by atoms with van der Waals surface area (Å²) in [6.07, 6.45) is 3.92. The van der Waals surface area contributed by atoms with Gasteiger partial charge in [-0.15, -0.1) is 0 Å². The summed E-state index contributed by atoms with van der Waals surface area (Å²) in [7, 11) is 0. The van der Waals surface area contributed by atoms with Gasteiger partial charge >= 0.3 is 6.03 Å². The Balaban J connectivity index is 1.69. The van der Waals surface area contributed by atoms with E-state index in [1.165, 1.54) is 0 Å². The molecule has 0 spiro atoms. The number of nitrogens with zero attached hydrogens (tertiary/aromatic N) is 2. The molecule has 1 aliphatic rings. The van der Waals surface area contributed by atoms with Crippen molar-refractivity contribution in [2.75, 3.05) is 5.32 Å². The molecule has 4 nitrogen and oxygen atoms in total. The molecule has 1 aromatic heterocycles. The quantitative estimate of drug-likeness (QED) is 0.924. The second kappa shape index (κ2) is 5.74. The van der Waals surface area contributed by atoms with Crippen molar-refractivity contribution in [3.63, 3.8) is 0 Å². The molecule has 1 aliphatic carbocycles. The molecule has 0 unspecified atom stereocenters. The molecule has 2 aromatic rings. The Hall–Kier alpha value is -2.36. The summed E-state index contributed by atoms with van der Waals surface area (Å²) < 4.78 is 0. The summed E-state index contributed by atoms with van der Waals surface area (Å²) in [6.45, 7) is 0.560. The monoisotopic (exact) mass is 267 g/mol. The van der Waals surface area contributed by atoms with Crippen LogP contribution in [0.3, 0.4) is 0 Å². The van der Waals surface area contributed by atoms with Crippen LogP contribution >= 0.6 is 0 Å². The van der Waals surface area contributed by atoms with Crippen molar-refractivity contribution >= 4 is 11.7 Å². The molecule has 3 rings (SSSR count). The van der Waals surface area contributed by atoms with Gasteiger partial charge in [-0.3, -0.25) is 4.98 Å². The molecule has 102 valence electrons. The molecule has 1 N–H and O–H groups in total. The minimum absolute atomic E-state index is 0.0515. The largest absolute Gasteiger partial charge is 0.322 e. The number of carbonyl (C=O) groups is 1. The first kappa shape index (κ1) is 12.7. The third kappa shape index (κ3) is 3.15. The predicted molar refractivity (Wildman–Crippen MR) is 78.3 cm³/mol. The number of carbonyl (C=O) groups excluding carboxylic acids is 1. The van der Waals surface area contributed by atoms with Crippen LogP contribution in [0.5, 0.6) is 0 Å². The zero-order valence-electron chi connectivity index (χ0n) is 11.2. The van der Waals surface area contributed by atoms with Crippen LogP contribution in [-0.2, 0) is 6.54 Å². The van der Waals surface area contributed by atoms with Crippen LogP contribution in [0.15, 0.2) is 54.7 Å². The fourth-order valence-corrected chi connectivity index (χ4v) is 2.14. The van der Waals surface area contributed by atoms with Gasteiger partial charge in [0.1, 0.15) is 0 Å². The topological polar surface area (TPSA) is 45.2 Å². The van der Waals surface area contributed by atoms with Crippen LogP contribution in [0.1, 0.15) is 18.5 Å². The molecule has 20 heavy (non-hydrogen) atoms. The van der Waals surface area contributed by atoms with E-state index in [-0.39, 0.29) is 6.03 Å². The van der Waals surface area contributed by atoms with Crippen molar-refractivity contribution in [1.82, 2.24) is 9.88 Å². The van der Waals surface area contributed by atoms with Gasteiger partial charge in [0.25, 0.3) is 0 Å². The molecule has 0 atom stereocenters. The first-order valence-corrected chi connectivity index (χ1v) is 6.85. The summed E-state index contributed by atoms with van der Waals surface area (Å²) in [5, 5.41) is 2.94. The molecule has 0 aliphatic heterocycles. The van der Waals surface area contributed by atoms with E-state index >= 15 is 0 Å². The van der Waals surface area contributed by atoms with Crippen LogP contribution in [0.25, 0.3) is 0 Å². The third-order valence-corrected chi connectivity index (χ3v) is 3.33. The molecule has 0 bridgehead atoms. The van der Waals surface area contributed by atoms with Crippen molar-refractivity contribution in [2.24, 2.45) is 0 Å². The van der Waals surface area contributed by atoms with E-state index in [4.69, 9.17) is 0 Å². The average Bonchev–Trinajstić information content (AvgIpc) is 3.31. The molecule has 2 amide bonds. The molecular weight excluding hydrogens is 250 g/mol. The van der Waals surface area contributed by atoms with Crippen molar-refractivity contribution in [3.8, 4) is 0 Å². The van der Waals surface area contributed by atoms with E-state index in [0.717, 1.165) is 24.2 Å². The van der Waals surface area contributed by atoms with Gasteiger partial charge in [0.15, 0.2) is 0 Å². The number of anilines is 1. The van der Waals surface area contributed by atoms with Gasteiger partial charge < -0.3 is 10.2 Å². The Morgan fingerprint density at radius 1 is 1.15 bits per heavy atom. The number of aromatic nitrogens is 1. The van der Waals surface area contributed by atoms with E-state index < -0.39 is 0 Å².